The molecule has 1 atom stereocenters. The number of anilines is 1. The first-order valence-electron chi connectivity index (χ1n) is 7.98. The molecule has 9 heteroatoms. The summed E-state index contributed by atoms with van der Waals surface area (Å²) in [6, 6.07) is 11.7. The van der Waals surface area contributed by atoms with Crippen molar-refractivity contribution in [2.75, 3.05) is 12.4 Å². The van der Waals surface area contributed by atoms with Crippen LogP contribution in [-0.4, -0.2) is 29.2 Å². The van der Waals surface area contributed by atoms with Crippen LogP contribution in [0.15, 0.2) is 48.5 Å². The Kier molecular flexibility index (Phi) is 4.95. The first-order chi connectivity index (χ1) is 12.8. The van der Waals surface area contributed by atoms with E-state index in [1.807, 2.05) is 0 Å². The Morgan fingerprint density at radius 2 is 1.78 bits per heavy atom. The molecule has 0 radical (unpaired) electrons. The van der Waals surface area contributed by atoms with Gasteiger partial charge in [0.25, 0.3) is 5.91 Å². The summed E-state index contributed by atoms with van der Waals surface area (Å²) in [4.78, 5) is 25.1. The molecule has 0 bridgehead atoms. The fourth-order valence-electron chi connectivity index (χ4n) is 2.65. The molecule has 7 nitrogen and oxygen atoms in total. The number of nitrogens with one attached hydrogen (secondary N) is 3. The van der Waals surface area contributed by atoms with Crippen molar-refractivity contribution in [3.8, 4) is 5.75 Å². The average Bonchev–Trinajstić information content (AvgIpc) is 2.88. The smallest absolute Gasteiger partial charge is 0.344 e. The van der Waals surface area contributed by atoms with Gasteiger partial charge in [0.15, 0.2) is 5.11 Å². The minimum absolute atomic E-state index is 0.0177. The van der Waals surface area contributed by atoms with Crippen molar-refractivity contribution in [1.29, 1.82) is 0 Å². The zero-order valence-electron chi connectivity index (χ0n) is 14.6. The first kappa shape index (κ1) is 18.6. The van der Waals surface area contributed by atoms with E-state index in [1.54, 1.807) is 38.3 Å². The molecule has 2 aromatic carbocycles. The van der Waals surface area contributed by atoms with Gasteiger partial charge in [0, 0.05) is 5.69 Å². The van der Waals surface area contributed by atoms with Crippen LogP contribution in [0.1, 0.15) is 12.5 Å². The number of halogens is 1. The summed E-state index contributed by atoms with van der Waals surface area (Å²) < 4.78 is 18.1. The number of methoxy groups -OCH3 is 1. The normalized spacial score (nSPS) is 18.9. The maximum absolute atomic E-state index is 13.0. The highest BCUT2D eigenvalue weighted by Crippen LogP contribution is 2.29. The second-order valence-corrected chi connectivity index (χ2v) is 6.41. The third kappa shape index (κ3) is 3.68. The van der Waals surface area contributed by atoms with Crippen molar-refractivity contribution < 1.29 is 18.7 Å². The van der Waals surface area contributed by atoms with Crippen LogP contribution in [0.3, 0.4) is 0 Å². The van der Waals surface area contributed by atoms with Crippen molar-refractivity contribution >= 4 is 35.0 Å². The number of carbonyl (C=O) groups excluding carboxylic acids is 2. The summed E-state index contributed by atoms with van der Waals surface area (Å²) in [6.07, 6.45) is 0. The van der Waals surface area contributed by atoms with Crippen molar-refractivity contribution in [2.45, 2.75) is 12.5 Å². The van der Waals surface area contributed by atoms with Crippen molar-refractivity contribution in [3.63, 3.8) is 0 Å². The largest absolute Gasteiger partial charge is 0.497 e. The zero-order chi connectivity index (χ0) is 19.6. The number of thiocarbonyl (C=S) groups is 1. The number of hydrazine groups is 1. The third-order valence-corrected chi connectivity index (χ3v) is 4.37. The fraction of sp³-hybridized carbons (Fsp3) is 0.167. The second kappa shape index (κ2) is 7.20. The monoisotopic (exact) mass is 388 g/mol. The molecule has 0 spiro atoms. The zero-order valence-corrected chi connectivity index (χ0v) is 15.4. The average molecular weight is 388 g/mol. The van der Waals surface area contributed by atoms with Gasteiger partial charge in [-0.25, -0.2) is 9.18 Å². The molecule has 140 valence electrons. The Morgan fingerprint density at radius 1 is 1.15 bits per heavy atom. The maximum atomic E-state index is 13.0. The molecule has 0 saturated carbocycles. The number of benzene rings is 2. The van der Waals surface area contributed by atoms with Gasteiger partial charge in [0.1, 0.15) is 17.1 Å². The van der Waals surface area contributed by atoms with Gasteiger partial charge in [0.2, 0.25) is 0 Å². The van der Waals surface area contributed by atoms with Gasteiger partial charge in [-0.05, 0) is 61.1 Å². The van der Waals surface area contributed by atoms with Gasteiger partial charge >= 0.3 is 6.03 Å². The number of hydrogen-bond donors (Lipinski definition) is 3. The van der Waals surface area contributed by atoms with Crippen LogP contribution in [0, 0.1) is 5.82 Å². The Balaban J connectivity index is 1.73. The lowest BCUT2D eigenvalue weighted by Crippen LogP contribution is -2.49. The SMILES string of the molecule is COc1ccc([C@]2(C)NC(=O)N(NC(=S)Nc3ccc(F)cc3)C2=O)cc1. The fourth-order valence-corrected chi connectivity index (χ4v) is 2.86. The number of carbonyl (C=O) groups is 2. The van der Waals surface area contributed by atoms with Gasteiger partial charge in [0.05, 0.1) is 7.11 Å². The first-order valence-corrected chi connectivity index (χ1v) is 8.39. The third-order valence-electron chi connectivity index (χ3n) is 4.17. The van der Waals surface area contributed by atoms with Crippen LogP contribution < -0.4 is 20.8 Å². The summed E-state index contributed by atoms with van der Waals surface area (Å²) in [6.45, 7) is 1.60. The topological polar surface area (TPSA) is 82.7 Å². The minimum Gasteiger partial charge on any atom is -0.497 e. The van der Waals surface area contributed by atoms with Crippen molar-refractivity contribution in [2.24, 2.45) is 0 Å². The molecule has 1 aliphatic heterocycles. The number of urea groups is 1. The van der Waals surface area contributed by atoms with Crippen LogP contribution in [0.4, 0.5) is 14.9 Å². The lowest BCUT2D eigenvalue weighted by molar-refractivity contribution is -0.132. The highest BCUT2D eigenvalue weighted by Gasteiger charge is 2.49. The summed E-state index contributed by atoms with van der Waals surface area (Å²) >= 11 is 5.13. The molecule has 0 unspecified atom stereocenters. The molecule has 3 rings (SSSR count). The van der Waals surface area contributed by atoms with E-state index >= 15 is 0 Å². The van der Waals surface area contributed by atoms with Gasteiger partial charge in [-0.2, -0.15) is 5.01 Å². The predicted octanol–water partition coefficient (Wildman–Crippen LogP) is 2.50. The van der Waals surface area contributed by atoms with Crippen LogP contribution in [0.2, 0.25) is 0 Å². The number of imide groups is 1. The molecule has 0 aliphatic carbocycles. The van der Waals surface area contributed by atoms with E-state index in [0.717, 1.165) is 5.01 Å². The van der Waals surface area contributed by atoms with E-state index in [2.05, 4.69) is 16.1 Å². The number of rotatable bonds is 4. The Hall–Kier alpha value is -3.20. The van der Waals surface area contributed by atoms with Crippen LogP contribution in [0.5, 0.6) is 5.75 Å². The van der Waals surface area contributed by atoms with Crippen molar-refractivity contribution in [1.82, 2.24) is 15.8 Å². The van der Waals surface area contributed by atoms with E-state index in [-0.39, 0.29) is 10.9 Å². The molecular weight excluding hydrogens is 371 g/mol. The van der Waals surface area contributed by atoms with Crippen LogP contribution in [-0.2, 0) is 10.3 Å². The molecular formula is C18H17FN4O3S. The van der Waals surface area contributed by atoms with Gasteiger partial charge < -0.3 is 15.4 Å². The minimum atomic E-state index is -1.25. The molecule has 1 saturated heterocycles. The predicted molar refractivity (Wildman–Crippen MR) is 101 cm³/mol. The lowest BCUT2D eigenvalue weighted by atomic mass is 9.92. The van der Waals surface area contributed by atoms with Gasteiger partial charge in [-0.3, -0.25) is 10.2 Å². The maximum Gasteiger partial charge on any atom is 0.344 e. The summed E-state index contributed by atoms with van der Waals surface area (Å²) in [5.41, 5.74) is 2.43. The number of nitrogens with zero attached hydrogens (tertiary/aromatic N) is 1. The number of amides is 3. The highest BCUT2D eigenvalue weighted by molar-refractivity contribution is 7.80. The van der Waals surface area contributed by atoms with Gasteiger partial charge in [-0.15, -0.1) is 0 Å². The quantitative estimate of drug-likeness (QED) is 0.552. The highest BCUT2D eigenvalue weighted by atomic mass is 32.1. The summed E-state index contributed by atoms with van der Waals surface area (Å²) in [7, 11) is 1.54. The van der Waals surface area contributed by atoms with Gasteiger partial charge in [-0.1, -0.05) is 12.1 Å². The Morgan fingerprint density at radius 3 is 2.37 bits per heavy atom. The second-order valence-electron chi connectivity index (χ2n) is 6.00. The number of ether oxygens (including phenoxy) is 1. The molecule has 27 heavy (non-hydrogen) atoms. The Labute approximate surface area is 160 Å². The van der Waals surface area contributed by atoms with Crippen LogP contribution in [0.25, 0.3) is 0 Å². The molecule has 2 aromatic rings. The molecule has 0 aromatic heterocycles. The summed E-state index contributed by atoms with van der Waals surface area (Å²) in [5, 5.41) is 6.27. The van der Waals surface area contributed by atoms with Crippen molar-refractivity contribution in [3.05, 3.63) is 59.9 Å². The van der Waals surface area contributed by atoms with E-state index in [4.69, 9.17) is 17.0 Å². The van der Waals surface area contributed by atoms with E-state index in [1.165, 1.54) is 24.3 Å². The van der Waals surface area contributed by atoms with Crippen LogP contribution >= 0.6 is 12.2 Å². The standard InChI is InChI=1S/C18H17FN4O3S/c1-18(11-3-9-14(26-2)10-4-11)15(24)23(17(25)21-18)22-16(27)20-13-7-5-12(19)6-8-13/h3-10H,1-2H3,(H,21,25)(H2,20,22,27)/t18-/m0/s1. The summed E-state index contributed by atoms with van der Waals surface area (Å²) in [5.74, 6) is -0.261. The molecule has 1 fully saturated rings. The molecule has 3 amide bonds. The van der Waals surface area contributed by atoms with E-state index < -0.39 is 17.5 Å². The van der Waals surface area contributed by atoms with E-state index in [0.29, 0.717) is 17.0 Å². The van der Waals surface area contributed by atoms with E-state index in [9.17, 15) is 14.0 Å². The Bertz CT molecular complexity index is 888. The number of hydrogen-bond acceptors (Lipinski definition) is 4. The molecule has 3 N–H and O–H groups in total. The molecule has 1 heterocycles. The lowest BCUT2D eigenvalue weighted by Gasteiger charge is -2.23. The molecule has 1 aliphatic rings.